The van der Waals surface area contributed by atoms with Crippen LogP contribution >= 0.6 is 38.5 Å². The van der Waals surface area contributed by atoms with Crippen LogP contribution in [0.1, 0.15) is 51.4 Å². The molecule has 0 aliphatic heterocycles. The van der Waals surface area contributed by atoms with Crippen LogP contribution in [0.2, 0.25) is 0 Å². The van der Waals surface area contributed by atoms with Crippen molar-refractivity contribution in [3.8, 4) is 5.75 Å². The van der Waals surface area contributed by atoms with Gasteiger partial charge in [-0.15, -0.1) is 0 Å². The Morgan fingerprint density at radius 3 is 2.05 bits per heavy atom. The summed E-state index contributed by atoms with van der Waals surface area (Å²) in [4.78, 5) is 0. The van der Waals surface area contributed by atoms with Crippen molar-refractivity contribution in [2.45, 2.75) is 51.4 Å². The zero-order chi connectivity index (χ0) is 13.8. The number of alkyl halides is 1. The maximum atomic E-state index is 5.78. The molecule has 0 aromatic heterocycles. The van der Waals surface area contributed by atoms with Gasteiger partial charge in [0.15, 0.2) is 0 Å². The number of ether oxygens (including phenoxy) is 1. The van der Waals surface area contributed by atoms with E-state index < -0.39 is 0 Å². The Balaban J connectivity index is 1.90. The van der Waals surface area contributed by atoms with Gasteiger partial charge in [0.1, 0.15) is 5.75 Å². The van der Waals surface area contributed by atoms with Crippen molar-refractivity contribution in [1.29, 1.82) is 0 Å². The molecule has 0 bridgehead atoms. The first-order chi connectivity index (χ1) is 9.34. The quantitative estimate of drug-likeness (QED) is 0.227. The average molecular weight is 439 g/mol. The molecule has 0 atom stereocenters. The average Bonchev–Trinajstić information content (AvgIpc) is 2.43. The Kier molecular flexibility index (Phi) is 10.9. The zero-order valence-electron chi connectivity index (χ0n) is 11.5. The Hall–Kier alpha value is 0.230. The van der Waals surface area contributed by atoms with Crippen molar-refractivity contribution in [3.05, 3.63) is 27.8 Å². The lowest BCUT2D eigenvalue weighted by Gasteiger charge is -2.07. The summed E-state index contributed by atoms with van der Waals surface area (Å²) in [6.45, 7) is 0.851. The van der Waals surface area contributed by atoms with Gasteiger partial charge >= 0.3 is 0 Å². The van der Waals surface area contributed by atoms with Gasteiger partial charge in [-0.1, -0.05) is 66.6 Å². The van der Waals surface area contributed by atoms with Crippen molar-refractivity contribution >= 4 is 38.5 Å². The molecule has 19 heavy (non-hydrogen) atoms. The molecule has 0 spiro atoms. The van der Waals surface area contributed by atoms with E-state index in [9.17, 15) is 0 Å². The summed E-state index contributed by atoms with van der Waals surface area (Å²) in [6, 6.07) is 8.21. The molecular formula is C16H24BrIO. The number of unbranched alkanes of at least 4 members (excludes halogenated alkanes) is 7. The molecule has 0 saturated heterocycles. The van der Waals surface area contributed by atoms with Crippen LogP contribution < -0.4 is 4.74 Å². The standard InChI is InChI=1S/C16H24BrIO/c17-13-9-5-3-1-2-4-6-10-14-19-16-12-8-7-11-15(16)18/h7-8,11-12H,1-6,9-10,13-14H2. The number of rotatable bonds is 11. The molecule has 0 radical (unpaired) electrons. The summed E-state index contributed by atoms with van der Waals surface area (Å²) >= 11 is 5.79. The van der Waals surface area contributed by atoms with Gasteiger partial charge in [-0.2, -0.15) is 0 Å². The van der Waals surface area contributed by atoms with Gasteiger partial charge in [0, 0.05) is 5.33 Å². The van der Waals surface area contributed by atoms with Gasteiger partial charge in [0.25, 0.3) is 0 Å². The second kappa shape index (κ2) is 12.0. The van der Waals surface area contributed by atoms with Crippen LogP contribution in [0.25, 0.3) is 0 Å². The first-order valence-corrected chi connectivity index (χ1v) is 9.48. The van der Waals surface area contributed by atoms with E-state index in [1.54, 1.807) is 0 Å². The van der Waals surface area contributed by atoms with E-state index >= 15 is 0 Å². The second-order valence-corrected chi connectivity index (χ2v) is 6.75. The molecule has 0 unspecified atom stereocenters. The van der Waals surface area contributed by atoms with Crippen LogP contribution in [-0.2, 0) is 0 Å². The van der Waals surface area contributed by atoms with Crippen molar-refractivity contribution in [1.82, 2.24) is 0 Å². The summed E-state index contributed by atoms with van der Waals surface area (Å²) < 4.78 is 6.98. The highest BCUT2D eigenvalue weighted by atomic mass is 127. The van der Waals surface area contributed by atoms with Crippen molar-refractivity contribution in [2.24, 2.45) is 0 Å². The fourth-order valence-corrected chi connectivity index (χ4v) is 2.94. The van der Waals surface area contributed by atoms with Crippen LogP contribution in [0.5, 0.6) is 5.75 Å². The molecular weight excluding hydrogens is 415 g/mol. The molecule has 0 fully saturated rings. The number of hydrogen-bond acceptors (Lipinski definition) is 1. The van der Waals surface area contributed by atoms with Crippen LogP contribution in [0.15, 0.2) is 24.3 Å². The van der Waals surface area contributed by atoms with Gasteiger partial charge in [0.2, 0.25) is 0 Å². The number of hydrogen-bond donors (Lipinski definition) is 0. The summed E-state index contributed by atoms with van der Waals surface area (Å²) in [6.07, 6.45) is 10.7. The molecule has 0 aliphatic rings. The third kappa shape index (κ3) is 8.90. The van der Waals surface area contributed by atoms with Gasteiger partial charge < -0.3 is 4.74 Å². The van der Waals surface area contributed by atoms with Crippen LogP contribution in [0.3, 0.4) is 0 Å². The molecule has 108 valence electrons. The van der Waals surface area contributed by atoms with E-state index in [1.165, 1.54) is 54.9 Å². The van der Waals surface area contributed by atoms with E-state index in [1.807, 2.05) is 18.2 Å². The fourth-order valence-electron chi connectivity index (χ4n) is 2.00. The highest BCUT2D eigenvalue weighted by molar-refractivity contribution is 14.1. The minimum absolute atomic E-state index is 0.851. The van der Waals surface area contributed by atoms with Crippen LogP contribution in [-0.4, -0.2) is 11.9 Å². The van der Waals surface area contributed by atoms with E-state index in [4.69, 9.17) is 4.74 Å². The minimum Gasteiger partial charge on any atom is -0.492 e. The van der Waals surface area contributed by atoms with Crippen LogP contribution in [0.4, 0.5) is 0 Å². The zero-order valence-corrected chi connectivity index (χ0v) is 15.3. The van der Waals surface area contributed by atoms with E-state index in [0.717, 1.165) is 17.7 Å². The fraction of sp³-hybridized carbons (Fsp3) is 0.625. The Morgan fingerprint density at radius 2 is 1.42 bits per heavy atom. The normalized spacial score (nSPS) is 10.6. The Bertz CT molecular complexity index is 330. The molecule has 0 heterocycles. The third-order valence-electron chi connectivity index (χ3n) is 3.12. The highest BCUT2D eigenvalue weighted by Gasteiger charge is 1.98. The molecule has 1 rings (SSSR count). The maximum absolute atomic E-state index is 5.78. The molecule has 0 aliphatic carbocycles. The van der Waals surface area contributed by atoms with Gasteiger partial charge in [0.05, 0.1) is 10.2 Å². The summed E-state index contributed by atoms with van der Waals surface area (Å²) in [7, 11) is 0. The molecule has 0 saturated carbocycles. The predicted molar refractivity (Wildman–Crippen MR) is 95.4 cm³/mol. The summed E-state index contributed by atoms with van der Waals surface area (Å²) in [5.74, 6) is 1.03. The first kappa shape index (κ1) is 17.3. The monoisotopic (exact) mass is 438 g/mol. The van der Waals surface area contributed by atoms with Gasteiger partial charge in [-0.3, -0.25) is 0 Å². The molecule has 1 aromatic carbocycles. The SMILES string of the molecule is BrCCCCCCCCCCOc1ccccc1I. The van der Waals surface area contributed by atoms with Gasteiger partial charge in [-0.05, 0) is 47.6 Å². The molecule has 1 aromatic rings. The van der Waals surface area contributed by atoms with E-state index in [2.05, 4.69) is 44.6 Å². The van der Waals surface area contributed by atoms with E-state index in [0.29, 0.717) is 0 Å². The summed E-state index contributed by atoms with van der Waals surface area (Å²) in [5, 5.41) is 1.16. The van der Waals surface area contributed by atoms with Crippen molar-refractivity contribution in [3.63, 3.8) is 0 Å². The second-order valence-electron chi connectivity index (χ2n) is 4.80. The Morgan fingerprint density at radius 1 is 0.842 bits per heavy atom. The number of para-hydroxylation sites is 1. The largest absolute Gasteiger partial charge is 0.492 e. The van der Waals surface area contributed by atoms with Crippen molar-refractivity contribution in [2.75, 3.05) is 11.9 Å². The summed E-state index contributed by atoms with van der Waals surface area (Å²) in [5.41, 5.74) is 0. The number of halogens is 2. The maximum Gasteiger partial charge on any atom is 0.132 e. The first-order valence-electron chi connectivity index (χ1n) is 7.28. The molecule has 3 heteroatoms. The lowest BCUT2D eigenvalue weighted by atomic mass is 10.1. The highest BCUT2D eigenvalue weighted by Crippen LogP contribution is 2.20. The minimum atomic E-state index is 0.851. The smallest absolute Gasteiger partial charge is 0.132 e. The topological polar surface area (TPSA) is 9.23 Å². The molecule has 1 nitrogen and oxygen atoms in total. The predicted octanol–water partition coefficient (Wildman–Crippen LogP) is 6.19. The van der Waals surface area contributed by atoms with Gasteiger partial charge in [-0.25, -0.2) is 0 Å². The lowest BCUT2D eigenvalue weighted by molar-refractivity contribution is 0.302. The lowest BCUT2D eigenvalue weighted by Crippen LogP contribution is -1.98. The van der Waals surface area contributed by atoms with E-state index in [-0.39, 0.29) is 0 Å². The van der Waals surface area contributed by atoms with Crippen LogP contribution in [0, 0.1) is 3.57 Å². The molecule has 0 amide bonds. The molecule has 0 N–H and O–H groups in total. The third-order valence-corrected chi connectivity index (χ3v) is 4.57. The number of benzene rings is 1. The van der Waals surface area contributed by atoms with Crippen molar-refractivity contribution < 1.29 is 4.74 Å². The Labute approximate surface area is 139 Å².